The van der Waals surface area contributed by atoms with Gasteiger partial charge < -0.3 is 55.1 Å². The van der Waals surface area contributed by atoms with Gasteiger partial charge in [-0.1, -0.05) is 6.92 Å². The van der Waals surface area contributed by atoms with Gasteiger partial charge in [0.2, 0.25) is 0 Å². The summed E-state index contributed by atoms with van der Waals surface area (Å²) < 4.78 is 16.7. The van der Waals surface area contributed by atoms with Gasteiger partial charge in [0.15, 0.2) is 6.29 Å². The van der Waals surface area contributed by atoms with Gasteiger partial charge in [0.1, 0.15) is 24.9 Å². The van der Waals surface area contributed by atoms with Crippen molar-refractivity contribution in [1.29, 1.82) is 0 Å². The maximum atomic E-state index is 12.4. The molecule has 8 N–H and O–H groups in total. The van der Waals surface area contributed by atoms with Crippen molar-refractivity contribution in [3.05, 3.63) is 11.6 Å². The molecule has 5 fully saturated rings. The monoisotopic (exact) mass is 584 g/mol. The van der Waals surface area contributed by atoms with Gasteiger partial charge in [-0.3, -0.25) is 0 Å². The second kappa shape index (κ2) is 9.91. The van der Waals surface area contributed by atoms with Crippen molar-refractivity contribution in [1.82, 2.24) is 0 Å². The lowest BCUT2D eigenvalue weighted by Gasteiger charge is -2.68. The lowest BCUT2D eigenvalue weighted by atomic mass is 9.40. The van der Waals surface area contributed by atoms with E-state index in [0.29, 0.717) is 19.3 Å². The Balaban J connectivity index is 1.28. The van der Waals surface area contributed by atoms with E-state index in [4.69, 9.17) is 14.2 Å². The van der Waals surface area contributed by atoms with Gasteiger partial charge in [-0.25, -0.2) is 4.79 Å². The highest BCUT2D eigenvalue weighted by molar-refractivity contribution is 5.85. The fourth-order valence-corrected chi connectivity index (χ4v) is 10.1. The van der Waals surface area contributed by atoms with Crippen LogP contribution in [0.5, 0.6) is 0 Å². The number of esters is 1. The van der Waals surface area contributed by atoms with E-state index in [9.17, 15) is 45.6 Å². The van der Waals surface area contributed by atoms with Crippen molar-refractivity contribution in [2.45, 2.75) is 119 Å². The predicted octanol–water partition coefficient (Wildman–Crippen LogP) is -1.51. The zero-order chi connectivity index (χ0) is 29.7. The van der Waals surface area contributed by atoms with E-state index in [1.165, 1.54) is 13.0 Å². The number of aliphatic hydroxyl groups is 8. The first-order chi connectivity index (χ1) is 19.2. The van der Waals surface area contributed by atoms with Crippen molar-refractivity contribution >= 4 is 5.97 Å². The first kappa shape index (κ1) is 29.9. The number of fused-ring (bicyclic) bond motifs is 5. The molecular weight excluding hydrogens is 540 g/mol. The Labute approximate surface area is 238 Å². The van der Waals surface area contributed by atoms with E-state index < -0.39 is 95.5 Å². The van der Waals surface area contributed by atoms with Gasteiger partial charge in [-0.2, -0.15) is 0 Å². The molecule has 4 saturated carbocycles. The maximum Gasteiger partial charge on any atom is 0.331 e. The van der Waals surface area contributed by atoms with Crippen LogP contribution in [0.2, 0.25) is 0 Å². The molecule has 0 amide bonds. The summed E-state index contributed by atoms with van der Waals surface area (Å²) in [7, 11) is 0. The quantitative estimate of drug-likeness (QED) is 0.140. The average molecular weight is 585 g/mol. The summed E-state index contributed by atoms with van der Waals surface area (Å²) >= 11 is 0. The summed E-state index contributed by atoms with van der Waals surface area (Å²) in [6.45, 7) is 3.00. The molecule has 0 spiro atoms. The summed E-state index contributed by atoms with van der Waals surface area (Å²) in [6, 6.07) is 0. The van der Waals surface area contributed by atoms with E-state index in [1.54, 1.807) is 0 Å². The van der Waals surface area contributed by atoms with Crippen molar-refractivity contribution in [2.24, 2.45) is 28.6 Å². The number of rotatable bonds is 4. The molecule has 2 aliphatic heterocycles. The fourth-order valence-electron chi connectivity index (χ4n) is 10.1. The van der Waals surface area contributed by atoms with E-state index in [-0.39, 0.29) is 38.2 Å². The van der Waals surface area contributed by atoms with Gasteiger partial charge >= 0.3 is 5.97 Å². The Morgan fingerprint density at radius 2 is 1.76 bits per heavy atom. The number of carbonyl (C=O) groups is 1. The number of hydrogen-bond acceptors (Lipinski definition) is 12. The summed E-state index contributed by atoms with van der Waals surface area (Å²) in [5, 5.41) is 89.6. The van der Waals surface area contributed by atoms with Gasteiger partial charge in [0, 0.05) is 30.3 Å². The van der Waals surface area contributed by atoms with Crippen LogP contribution in [0, 0.1) is 28.6 Å². The molecular formula is C29H44O12. The summed E-state index contributed by atoms with van der Waals surface area (Å²) in [5.41, 5.74) is -4.46. The van der Waals surface area contributed by atoms with Crippen LogP contribution >= 0.6 is 0 Å². The first-order valence-electron chi connectivity index (χ1n) is 14.9. The molecule has 2 unspecified atom stereocenters. The van der Waals surface area contributed by atoms with Gasteiger partial charge in [0.25, 0.3) is 0 Å². The second-order valence-electron chi connectivity index (χ2n) is 13.8. The molecule has 41 heavy (non-hydrogen) atoms. The Hall–Kier alpha value is -1.19. The largest absolute Gasteiger partial charge is 0.458 e. The van der Waals surface area contributed by atoms with Crippen LogP contribution in [0.15, 0.2) is 11.6 Å². The third-order valence-electron chi connectivity index (χ3n) is 12.2. The molecule has 0 aromatic heterocycles. The topological polar surface area (TPSA) is 207 Å². The van der Waals surface area contributed by atoms with Crippen LogP contribution in [-0.2, 0) is 19.0 Å². The van der Waals surface area contributed by atoms with Crippen molar-refractivity contribution < 1.29 is 59.9 Å². The maximum absolute atomic E-state index is 12.4. The second-order valence-corrected chi connectivity index (χ2v) is 13.8. The van der Waals surface area contributed by atoms with Gasteiger partial charge in [-0.15, -0.1) is 0 Å². The molecule has 12 nitrogen and oxygen atoms in total. The lowest BCUT2D eigenvalue weighted by Crippen LogP contribution is -2.76. The predicted molar refractivity (Wildman–Crippen MR) is 139 cm³/mol. The number of cyclic esters (lactones) is 1. The highest BCUT2D eigenvalue weighted by atomic mass is 16.7. The van der Waals surface area contributed by atoms with E-state index in [1.807, 2.05) is 6.92 Å². The molecule has 0 aromatic carbocycles. The highest BCUT2D eigenvalue weighted by Gasteiger charge is 2.75. The number of hydrogen-bond donors (Lipinski definition) is 8. The third kappa shape index (κ3) is 3.99. The smallest absolute Gasteiger partial charge is 0.331 e. The zero-order valence-electron chi connectivity index (χ0n) is 23.5. The molecule has 6 aliphatic rings. The van der Waals surface area contributed by atoms with Gasteiger partial charge in [-0.05, 0) is 56.4 Å². The molecule has 0 bridgehead atoms. The van der Waals surface area contributed by atoms with Crippen LogP contribution in [0.3, 0.4) is 0 Å². The Kier molecular flexibility index (Phi) is 7.22. The minimum atomic E-state index is -1.67. The van der Waals surface area contributed by atoms with E-state index >= 15 is 0 Å². The number of aliphatic hydroxyl groups excluding tert-OH is 6. The molecule has 0 aromatic rings. The molecule has 4 aliphatic carbocycles. The first-order valence-corrected chi connectivity index (χ1v) is 14.9. The standard InChI is InChI=1S/C29H44O12/c1-13-22(34)23(35)24(36)25(40-13)41-15-8-19(32)28(12-30)21-17(3-5-27(28,37)9-15)29(38)6-4-16(14-7-20(33)39-11-14)26(29,2)10-18(21)31/h7,13,15-19,21-25,30-32,34-38H,3-6,8-12H2,1-2H3/t13-,15-,16+,17+,18?,19+,21?,22-,23+,24+,25-,26+,27-,28+,29-/m0/s1. The number of ether oxygens (including phenoxy) is 3. The summed E-state index contributed by atoms with van der Waals surface area (Å²) in [6.07, 6.45) is -6.68. The van der Waals surface area contributed by atoms with E-state index in [2.05, 4.69) is 0 Å². The summed E-state index contributed by atoms with van der Waals surface area (Å²) in [5.74, 6) is -1.93. The Bertz CT molecular complexity index is 1080. The van der Waals surface area contributed by atoms with Crippen molar-refractivity contribution in [3.63, 3.8) is 0 Å². The van der Waals surface area contributed by atoms with Crippen LogP contribution in [0.1, 0.15) is 58.8 Å². The molecule has 6 rings (SSSR count). The van der Waals surface area contributed by atoms with Crippen LogP contribution < -0.4 is 0 Å². The van der Waals surface area contributed by atoms with Gasteiger partial charge in [0.05, 0.1) is 47.6 Å². The minimum absolute atomic E-state index is 0.0369. The molecule has 232 valence electrons. The summed E-state index contributed by atoms with van der Waals surface area (Å²) in [4.78, 5) is 11.8. The lowest BCUT2D eigenvalue weighted by molar-refractivity contribution is -0.342. The molecule has 1 saturated heterocycles. The zero-order valence-corrected chi connectivity index (χ0v) is 23.5. The molecule has 15 atom stereocenters. The van der Waals surface area contributed by atoms with Crippen molar-refractivity contribution in [2.75, 3.05) is 13.2 Å². The third-order valence-corrected chi connectivity index (χ3v) is 12.2. The van der Waals surface area contributed by atoms with Crippen molar-refractivity contribution in [3.8, 4) is 0 Å². The molecule has 12 heteroatoms. The van der Waals surface area contributed by atoms with Crippen LogP contribution in [0.4, 0.5) is 0 Å². The Morgan fingerprint density at radius 3 is 2.41 bits per heavy atom. The molecule has 0 radical (unpaired) electrons. The van der Waals surface area contributed by atoms with Crippen LogP contribution in [0.25, 0.3) is 0 Å². The van der Waals surface area contributed by atoms with Crippen LogP contribution in [-0.4, -0.2) is 120 Å². The molecule has 2 heterocycles. The van der Waals surface area contributed by atoms with E-state index in [0.717, 1.165) is 5.57 Å². The SMILES string of the molecule is C[C@@H]1O[C@@H](O[C@H]2C[C@@H](O)[C@]3(CO)C4C(O)C[C@]5(C)[C@@H](C6=CC(=O)OC6)CC[C@]5(O)[C@@H]4CC[C@]3(O)C2)[C@H](O)[C@H](O)[C@H]1O. The fraction of sp³-hybridized carbons (Fsp3) is 0.897. The minimum Gasteiger partial charge on any atom is -0.458 e. The Morgan fingerprint density at radius 1 is 1.02 bits per heavy atom. The number of carbonyl (C=O) groups excluding carboxylic acids is 1. The highest BCUT2D eigenvalue weighted by Crippen LogP contribution is 2.70. The average Bonchev–Trinajstić information content (AvgIpc) is 3.45. The normalized spacial score (nSPS) is 56.9.